The lowest BCUT2D eigenvalue weighted by atomic mass is 10.2. The summed E-state index contributed by atoms with van der Waals surface area (Å²) in [6.07, 6.45) is 0. The first-order valence-corrected chi connectivity index (χ1v) is 5.70. The molecule has 0 radical (unpaired) electrons. The summed E-state index contributed by atoms with van der Waals surface area (Å²) in [6.45, 7) is 0.808. The van der Waals surface area contributed by atoms with Gasteiger partial charge >= 0.3 is 0 Å². The molecule has 2 aromatic carbocycles. The molecule has 0 aliphatic heterocycles. The van der Waals surface area contributed by atoms with E-state index in [4.69, 9.17) is 0 Å². The molecule has 0 saturated carbocycles. The SMILES string of the molecule is C[n+]1nn(Cc2ccccc2)c2ccccc21.[I-]. The number of hydrogen-bond acceptors (Lipinski definition) is 1. The normalized spacial score (nSPS) is 10.3. The van der Waals surface area contributed by atoms with E-state index in [2.05, 4.69) is 41.6 Å². The molecule has 0 spiro atoms. The minimum Gasteiger partial charge on any atom is -1.00 e. The number of rotatable bonds is 2. The molecule has 1 aromatic heterocycles. The highest BCUT2D eigenvalue weighted by Gasteiger charge is 2.14. The summed E-state index contributed by atoms with van der Waals surface area (Å²) in [6, 6.07) is 18.7. The number of hydrogen-bond donors (Lipinski definition) is 0. The van der Waals surface area contributed by atoms with Crippen LogP contribution >= 0.6 is 0 Å². The molecule has 0 N–H and O–H groups in total. The molecule has 18 heavy (non-hydrogen) atoms. The zero-order chi connectivity index (χ0) is 11.7. The van der Waals surface area contributed by atoms with E-state index in [0.29, 0.717) is 0 Å². The molecular formula is C14H14IN3. The van der Waals surface area contributed by atoms with Crippen molar-refractivity contribution in [1.82, 2.24) is 9.90 Å². The Balaban J connectivity index is 0.00000120. The summed E-state index contributed by atoms with van der Waals surface area (Å²) in [5.41, 5.74) is 3.59. The molecule has 4 heteroatoms. The molecule has 92 valence electrons. The van der Waals surface area contributed by atoms with Crippen LogP contribution in [0, 0.1) is 0 Å². The van der Waals surface area contributed by atoms with E-state index in [1.54, 1.807) is 0 Å². The Kier molecular flexibility index (Phi) is 3.96. The van der Waals surface area contributed by atoms with Crippen LogP contribution in [0.5, 0.6) is 0 Å². The van der Waals surface area contributed by atoms with E-state index in [1.807, 2.05) is 34.6 Å². The van der Waals surface area contributed by atoms with E-state index in [-0.39, 0.29) is 24.0 Å². The fourth-order valence-electron chi connectivity index (χ4n) is 2.09. The van der Waals surface area contributed by atoms with Gasteiger partial charge in [-0.2, -0.15) is 0 Å². The van der Waals surface area contributed by atoms with E-state index < -0.39 is 0 Å². The van der Waals surface area contributed by atoms with Gasteiger partial charge in [0, 0.05) is 0 Å². The van der Waals surface area contributed by atoms with Crippen LogP contribution in [0.2, 0.25) is 0 Å². The van der Waals surface area contributed by atoms with Crippen molar-refractivity contribution in [3.8, 4) is 0 Å². The summed E-state index contributed by atoms with van der Waals surface area (Å²) in [7, 11) is 1.98. The van der Waals surface area contributed by atoms with Crippen LogP contribution in [0.3, 0.4) is 0 Å². The second-order valence-electron chi connectivity index (χ2n) is 4.15. The predicted molar refractivity (Wildman–Crippen MR) is 66.5 cm³/mol. The topological polar surface area (TPSA) is 21.7 Å². The van der Waals surface area contributed by atoms with Gasteiger partial charge in [-0.05, 0) is 17.7 Å². The third kappa shape index (κ3) is 2.38. The average Bonchev–Trinajstić information content (AvgIpc) is 2.69. The average molecular weight is 351 g/mol. The maximum absolute atomic E-state index is 4.52. The van der Waals surface area contributed by atoms with Crippen LogP contribution in [0.15, 0.2) is 54.6 Å². The zero-order valence-electron chi connectivity index (χ0n) is 10.1. The minimum absolute atomic E-state index is 0. The third-order valence-corrected chi connectivity index (χ3v) is 2.93. The second-order valence-corrected chi connectivity index (χ2v) is 4.15. The van der Waals surface area contributed by atoms with E-state index in [1.165, 1.54) is 11.1 Å². The fourth-order valence-corrected chi connectivity index (χ4v) is 2.09. The highest BCUT2D eigenvalue weighted by Crippen LogP contribution is 2.10. The van der Waals surface area contributed by atoms with Gasteiger partial charge in [0.1, 0.15) is 13.6 Å². The van der Waals surface area contributed by atoms with Gasteiger partial charge in [0.2, 0.25) is 0 Å². The van der Waals surface area contributed by atoms with Gasteiger partial charge in [-0.25, -0.2) is 0 Å². The van der Waals surface area contributed by atoms with Gasteiger partial charge in [-0.1, -0.05) is 42.5 Å². The molecule has 3 nitrogen and oxygen atoms in total. The van der Waals surface area contributed by atoms with Crippen molar-refractivity contribution >= 4 is 11.0 Å². The van der Waals surface area contributed by atoms with Gasteiger partial charge in [0.05, 0.1) is 5.21 Å². The van der Waals surface area contributed by atoms with Crippen molar-refractivity contribution in [2.45, 2.75) is 6.54 Å². The Morgan fingerprint density at radius 1 is 1.00 bits per heavy atom. The van der Waals surface area contributed by atoms with Gasteiger partial charge < -0.3 is 24.0 Å². The van der Waals surface area contributed by atoms with Crippen molar-refractivity contribution in [2.24, 2.45) is 7.05 Å². The van der Waals surface area contributed by atoms with Gasteiger partial charge in [0.15, 0.2) is 11.0 Å². The van der Waals surface area contributed by atoms with Crippen molar-refractivity contribution in [2.75, 3.05) is 0 Å². The molecule has 3 aromatic rings. The summed E-state index contributed by atoms with van der Waals surface area (Å²) < 4.78 is 3.95. The lowest BCUT2D eigenvalue weighted by Crippen LogP contribution is -3.00. The molecule has 3 rings (SSSR count). The molecule has 0 bridgehead atoms. The Hall–Kier alpha value is -1.43. The minimum atomic E-state index is 0. The van der Waals surface area contributed by atoms with Gasteiger partial charge in [-0.3, -0.25) is 0 Å². The maximum atomic E-state index is 4.52. The maximum Gasteiger partial charge on any atom is 0.198 e. The number of aryl methyl sites for hydroxylation is 1. The Morgan fingerprint density at radius 2 is 1.67 bits per heavy atom. The molecule has 0 fully saturated rings. The molecule has 0 aliphatic rings. The molecular weight excluding hydrogens is 337 g/mol. The van der Waals surface area contributed by atoms with Crippen LogP contribution < -0.4 is 28.7 Å². The Morgan fingerprint density at radius 3 is 2.44 bits per heavy atom. The van der Waals surface area contributed by atoms with Crippen molar-refractivity contribution < 1.29 is 28.7 Å². The first-order valence-electron chi connectivity index (χ1n) is 5.70. The first kappa shape index (κ1) is 13.0. The van der Waals surface area contributed by atoms with Crippen molar-refractivity contribution in [3.63, 3.8) is 0 Å². The lowest BCUT2D eigenvalue weighted by Gasteiger charge is -1.95. The van der Waals surface area contributed by atoms with Crippen molar-refractivity contribution in [3.05, 3.63) is 60.2 Å². The van der Waals surface area contributed by atoms with Crippen LogP contribution in [0.25, 0.3) is 11.0 Å². The number of nitrogens with zero attached hydrogens (tertiary/aromatic N) is 3. The molecule has 0 amide bonds. The Bertz CT molecular complexity index is 646. The van der Waals surface area contributed by atoms with E-state index in [9.17, 15) is 0 Å². The molecule has 0 unspecified atom stereocenters. The number of halogens is 1. The lowest BCUT2D eigenvalue weighted by molar-refractivity contribution is -0.709. The molecule has 0 atom stereocenters. The summed E-state index contributed by atoms with van der Waals surface area (Å²) in [5, 5.41) is 4.52. The number of benzene rings is 2. The molecule has 0 saturated heterocycles. The van der Waals surface area contributed by atoms with Gasteiger partial charge in [0.25, 0.3) is 0 Å². The largest absolute Gasteiger partial charge is 1.00 e. The summed E-state index contributed by atoms with van der Waals surface area (Å²) in [5.74, 6) is 0. The third-order valence-electron chi connectivity index (χ3n) is 2.93. The standard InChI is InChI=1S/C14H14N3.HI/c1-16-13-9-5-6-10-14(13)17(15-16)11-12-7-3-2-4-8-12;/h2-10H,11H2,1H3;1H/q+1;/p-1. The van der Waals surface area contributed by atoms with Crippen LogP contribution in [-0.2, 0) is 13.6 Å². The van der Waals surface area contributed by atoms with E-state index >= 15 is 0 Å². The van der Waals surface area contributed by atoms with Crippen molar-refractivity contribution in [1.29, 1.82) is 0 Å². The highest BCUT2D eigenvalue weighted by atomic mass is 127. The number of aromatic nitrogens is 3. The number of para-hydroxylation sites is 2. The summed E-state index contributed by atoms with van der Waals surface area (Å²) >= 11 is 0. The first-order chi connectivity index (χ1) is 8.34. The van der Waals surface area contributed by atoms with Gasteiger partial charge in [-0.15, -0.1) is 9.36 Å². The quantitative estimate of drug-likeness (QED) is 0.425. The zero-order valence-corrected chi connectivity index (χ0v) is 12.3. The van der Waals surface area contributed by atoms with E-state index in [0.717, 1.165) is 12.1 Å². The smallest absolute Gasteiger partial charge is 0.198 e. The monoisotopic (exact) mass is 351 g/mol. The Labute approximate surface area is 123 Å². The van der Waals surface area contributed by atoms with Crippen LogP contribution in [0.1, 0.15) is 5.56 Å². The summed E-state index contributed by atoms with van der Waals surface area (Å²) in [4.78, 5) is 0. The second kappa shape index (κ2) is 5.48. The number of fused-ring (bicyclic) bond motifs is 1. The highest BCUT2D eigenvalue weighted by molar-refractivity contribution is 5.70. The fraction of sp³-hybridized carbons (Fsp3) is 0.143. The molecule has 0 aliphatic carbocycles. The van der Waals surface area contributed by atoms with Crippen LogP contribution in [0.4, 0.5) is 0 Å². The molecule has 1 heterocycles. The van der Waals surface area contributed by atoms with Crippen LogP contribution in [-0.4, -0.2) is 9.90 Å². The predicted octanol–water partition coefficient (Wildman–Crippen LogP) is -1.09.